The number of hydrogen-bond donors (Lipinski definition) is 1. The van der Waals surface area contributed by atoms with Crippen LogP contribution in [0.3, 0.4) is 0 Å². The standard InChI is InChI=1S/C16H24N2O3/c1-18-9-11(8-17)7-14(18)13-4-3-12(10-19-2)15-16(13)21-6-5-20-15/h3-4,11,14H,5-10,17H2,1-2H3. The predicted molar refractivity (Wildman–Crippen MR) is 80.7 cm³/mol. The van der Waals surface area contributed by atoms with E-state index in [0.29, 0.717) is 31.8 Å². The van der Waals surface area contributed by atoms with Crippen molar-refractivity contribution in [3.63, 3.8) is 0 Å². The van der Waals surface area contributed by atoms with Crippen LogP contribution in [0.25, 0.3) is 0 Å². The minimum atomic E-state index is 0.352. The fraction of sp³-hybridized carbons (Fsp3) is 0.625. The van der Waals surface area contributed by atoms with Crippen LogP contribution in [0.1, 0.15) is 23.6 Å². The average Bonchev–Trinajstić information content (AvgIpc) is 2.89. The first kappa shape index (κ1) is 14.6. The molecule has 1 aromatic rings. The van der Waals surface area contributed by atoms with Crippen molar-refractivity contribution in [3.05, 3.63) is 23.3 Å². The summed E-state index contributed by atoms with van der Waals surface area (Å²) in [5.74, 6) is 2.30. The topological polar surface area (TPSA) is 57.0 Å². The summed E-state index contributed by atoms with van der Waals surface area (Å²) in [6, 6.07) is 4.60. The summed E-state index contributed by atoms with van der Waals surface area (Å²) in [5, 5.41) is 0. The molecule has 5 nitrogen and oxygen atoms in total. The zero-order valence-corrected chi connectivity index (χ0v) is 12.8. The molecule has 0 aromatic heterocycles. The number of nitrogens with two attached hydrogens (primary N) is 1. The van der Waals surface area contributed by atoms with E-state index >= 15 is 0 Å². The number of fused-ring (bicyclic) bond motifs is 1. The van der Waals surface area contributed by atoms with E-state index in [2.05, 4.69) is 24.1 Å². The summed E-state index contributed by atoms with van der Waals surface area (Å²) in [4.78, 5) is 2.36. The van der Waals surface area contributed by atoms with E-state index < -0.39 is 0 Å². The summed E-state index contributed by atoms with van der Waals surface area (Å²) in [7, 11) is 3.85. The molecule has 0 aliphatic carbocycles. The van der Waals surface area contributed by atoms with Gasteiger partial charge in [0.25, 0.3) is 0 Å². The third kappa shape index (κ3) is 2.73. The molecule has 0 spiro atoms. The van der Waals surface area contributed by atoms with Crippen LogP contribution in [-0.2, 0) is 11.3 Å². The third-order valence-corrected chi connectivity index (χ3v) is 4.43. The SMILES string of the molecule is COCc1ccc(C2CC(CN)CN2C)c2c1OCCO2. The van der Waals surface area contributed by atoms with Crippen molar-refractivity contribution in [2.24, 2.45) is 11.7 Å². The van der Waals surface area contributed by atoms with Gasteiger partial charge in [-0.15, -0.1) is 0 Å². The molecule has 0 saturated carbocycles. The molecule has 2 unspecified atom stereocenters. The van der Waals surface area contributed by atoms with Crippen molar-refractivity contribution in [2.45, 2.75) is 19.1 Å². The lowest BCUT2D eigenvalue weighted by Gasteiger charge is -2.28. The summed E-state index contributed by atoms with van der Waals surface area (Å²) < 4.78 is 17.0. The number of likely N-dealkylation sites (tertiary alicyclic amines) is 1. The van der Waals surface area contributed by atoms with Gasteiger partial charge in [0, 0.05) is 30.8 Å². The van der Waals surface area contributed by atoms with Crippen molar-refractivity contribution < 1.29 is 14.2 Å². The van der Waals surface area contributed by atoms with Gasteiger partial charge in [0.05, 0.1) is 6.61 Å². The second-order valence-electron chi connectivity index (χ2n) is 5.89. The first-order valence-corrected chi connectivity index (χ1v) is 7.55. The van der Waals surface area contributed by atoms with Crippen molar-refractivity contribution in [1.29, 1.82) is 0 Å². The number of hydrogen-bond acceptors (Lipinski definition) is 5. The van der Waals surface area contributed by atoms with E-state index in [1.165, 1.54) is 5.56 Å². The molecule has 3 rings (SSSR count). The maximum absolute atomic E-state index is 5.93. The van der Waals surface area contributed by atoms with Crippen LogP contribution in [0.4, 0.5) is 0 Å². The van der Waals surface area contributed by atoms with Crippen molar-refractivity contribution in [2.75, 3.05) is 40.5 Å². The van der Waals surface area contributed by atoms with Gasteiger partial charge in [-0.1, -0.05) is 12.1 Å². The van der Waals surface area contributed by atoms with Crippen LogP contribution in [0.15, 0.2) is 12.1 Å². The maximum atomic E-state index is 5.93. The zero-order valence-electron chi connectivity index (χ0n) is 12.8. The normalized spacial score (nSPS) is 25.3. The first-order valence-electron chi connectivity index (χ1n) is 7.55. The fourth-order valence-electron chi connectivity index (χ4n) is 3.38. The number of benzene rings is 1. The van der Waals surface area contributed by atoms with Crippen LogP contribution in [0.2, 0.25) is 0 Å². The Bertz CT molecular complexity index is 507. The summed E-state index contributed by atoms with van der Waals surface area (Å²) in [6.07, 6.45) is 1.08. The van der Waals surface area contributed by atoms with Crippen LogP contribution >= 0.6 is 0 Å². The molecule has 21 heavy (non-hydrogen) atoms. The highest BCUT2D eigenvalue weighted by Crippen LogP contribution is 2.45. The fourth-order valence-corrected chi connectivity index (χ4v) is 3.38. The zero-order chi connectivity index (χ0) is 14.8. The van der Waals surface area contributed by atoms with E-state index in [0.717, 1.165) is 36.6 Å². The lowest BCUT2D eigenvalue weighted by atomic mass is 9.97. The van der Waals surface area contributed by atoms with Crippen molar-refractivity contribution in [1.82, 2.24) is 4.90 Å². The van der Waals surface area contributed by atoms with Crippen molar-refractivity contribution >= 4 is 0 Å². The van der Waals surface area contributed by atoms with Gasteiger partial charge < -0.3 is 19.9 Å². The van der Waals surface area contributed by atoms with E-state index in [9.17, 15) is 0 Å². The Balaban J connectivity index is 1.96. The Morgan fingerprint density at radius 2 is 2.05 bits per heavy atom. The molecule has 116 valence electrons. The Morgan fingerprint density at radius 1 is 1.29 bits per heavy atom. The minimum absolute atomic E-state index is 0.352. The van der Waals surface area contributed by atoms with Crippen LogP contribution in [0, 0.1) is 5.92 Å². The smallest absolute Gasteiger partial charge is 0.167 e. The molecular formula is C16H24N2O3. The van der Waals surface area contributed by atoms with Gasteiger partial charge in [-0.05, 0) is 25.9 Å². The molecule has 5 heteroatoms. The molecular weight excluding hydrogens is 268 g/mol. The number of nitrogens with zero attached hydrogens (tertiary/aromatic N) is 1. The average molecular weight is 292 g/mol. The molecule has 0 radical (unpaired) electrons. The lowest BCUT2D eigenvalue weighted by Crippen LogP contribution is -2.23. The highest BCUT2D eigenvalue weighted by atomic mass is 16.6. The molecule has 1 aromatic carbocycles. The summed E-state index contributed by atoms with van der Waals surface area (Å²) >= 11 is 0. The largest absolute Gasteiger partial charge is 0.486 e. The maximum Gasteiger partial charge on any atom is 0.167 e. The van der Waals surface area contributed by atoms with Gasteiger partial charge in [-0.25, -0.2) is 0 Å². The molecule has 1 fully saturated rings. The Morgan fingerprint density at radius 3 is 2.71 bits per heavy atom. The first-order chi connectivity index (χ1) is 10.2. The molecule has 0 amide bonds. The summed E-state index contributed by atoms with van der Waals surface area (Å²) in [5.41, 5.74) is 8.10. The van der Waals surface area contributed by atoms with E-state index in [1.807, 2.05) is 0 Å². The number of rotatable bonds is 4. The molecule has 2 heterocycles. The highest BCUT2D eigenvalue weighted by Gasteiger charge is 2.33. The molecule has 0 bridgehead atoms. The van der Waals surface area contributed by atoms with Gasteiger partial charge in [-0.2, -0.15) is 0 Å². The third-order valence-electron chi connectivity index (χ3n) is 4.43. The Kier molecular flexibility index (Phi) is 4.33. The van der Waals surface area contributed by atoms with Crippen molar-refractivity contribution in [3.8, 4) is 11.5 Å². The monoisotopic (exact) mass is 292 g/mol. The van der Waals surface area contributed by atoms with E-state index in [-0.39, 0.29) is 0 Å². The Labute approximate surface area is 126 Å². The lowest BCUT2D eigenvalue weighted by molar-refractivity contribution is 0.149. The molecule has 2 atom stereocenters. The molecule has 2 N–H and O–H groups in total. The van der Waals surface area contributed by atoms with Crippen LogP contribution in [-0.4, -0.2) is 45.4 Å². The van der Waals surface area contributed by atoms with E-state index in [1.54, 1.807) is 7.11 Å². The summed E-state index contributed by atoms with van der Waals surface area (Å²) in [6.45, 7) is 3.52. The second kappa shape index (κ2) is 6.22. The van der Waals surface area contributed by atoms with Gasteiger partial charge >= 0.3 is 0 Å². The Hall–Kier alpha value is -1.30. The number of methoxy groups -OCH3 is 1. The van der Waals surface area contributed by atoms with Crippen LogP contribution < -0.4 is 15.2 Å². The van der Waals surface area contributed by atoms with Crippen LogP contribution in [0.5, 0.6) is 11.5 Å². The van der Waals surface area contributed by atoms with Gasteiger partial charge in [-0.3, -0.25) is 4.90 Å². The quantitative estimate of drug-likeness (QED) is 0.912. The molecule has 1 saturated heterocycles. The predicted octanol–water partition coefficient (Wildman–Crippen LogP) is 1.56. The van der Waals surface area contributed by atoms with Gasteiger partial charge in [0.15, 0.2) is 11.5 Å². The highest BCUT2D eigenvalue weighted by molar-refractivity contribution is 5.54. The minimum Gasteiger partial charge on any atom is -0.486 e. The molecule has 2 aliphatic heterocycles. The molecule has 2 aliphatic rings. The number of ether oxygens (including phenoxy) is 3. The second-order valence-corrected chi connectivity index (χ2v) is 5.89. The van der Waals surface area contributed by atoms with E-state index in [4.69, 9.17) is 19.9 Å². The van der Waals surface area contributed by atoms with Gasteiger partial charge in [0.1, 0.15) is 13.2 Å². The van der Waals surface area contributed by atoms with Gasteiger partial charge in [0.2, 0.25) is 0 Å².